The first-order chi connectivity index (χ1) is 18.1. The van der Waals surface area contributed by atoms with Crippen LogP contribution < -0.4 is 4.74 Å². The molecule has 0 spiro atoms. The average Bonchev–Trinajstić information content (AvgIpc) is 3.45. The van der Waals surface area contributed by atoms with Gasteiger partial charge < -0.3 is 19.3 Å². The van der Waals surface area contributed by atoms with Gasteiger partial charge >= 0.3 is 0 Å². The highest BCUT2D eigenvalue weighted by molar-refractivity contribution is 7.09. The number of para-hydroxylation sites is 1. The van der Waals surface area contributed by atoms with E-state index in [-0.39, 0.29) is 17.7 Å². The van der Waals surface area contributed by atoms with Crippen molar-refractivity contribution < 1.29 is 19.1 Å². The van der Waals surface area contributed by atoms with Crippen LogP contribution >= 0.6 is 11.3 Å². The number of benzene rings is 1. The Balaban J connectivity index is 1.17. The zero-order valence-electron chi connectivity index (χ0n) is 21.4. The third-order valence-corrected chi connectivity index (χ3v) is 8.27. The van der Waals surface area contributed by atoms with Gasteiger partial charge in [0.2, 0.25) is 0 Å². The maximum atomic E-state index is 13.2. The van der Waals surface area contributed by atoms with Crippen LogP contribution in [-0.2, 0) is 4.74 Å². The number of ether oxygens (including phenoxy) is 2. The Bertz CT molecular complexity index is 1250. The SMILES string of the molecule is COCCN1CCN(C(=O)c2csc(C3CCN(C(=O)c4cc(OC)c5ccccc5n4)CC3)n2)CC1. The molecular formula is C27H33N5O4S. The average molecular weight is 524 g/mol. The zero-order valence-corrected chi connectivity index (χ0v) is 22.2. The van der Waals surface area contributed by atoms with Crippen molar-refractivity contribution >= 4 is 34.1 Å². The molecule has 4 heterocycles. The highest BCUT2D eigenvalue weighted by Crippen LogP contribution is 2.32. The van der Waals surface area contributed by atoms with Crippen LogP contribution in [0, 0.1) is 0 Å². The summed E-state index contributed by atoms with van der Waals surface area (Å²) in [6.07, 6.45) is 1.63. The molecule has 5 rings (SSSR count). The maximum absolute atomic E-state index is 13.2. The fourth-order valence-corrected chi connectivity index (χ4v) is 6.01. The van der Waals surface area contributed by atoms with Gasteiger partial charge in [-0.05, 0) is 25.0 Å². The van der Waals surface area contributed by atoms with E-state index >= 15 is 0 Å². The largest absolute Gasteiger partial charge is 0.496 e. The number of rotatable bonds is 7. The quantitative estimate of drug-likeness (QED) is 0.470. The first-order valence-corrected chi connectivity index (χ1v) is 13.6. The van der Waals surface area contributed by atoms with Crippen LogP contribution in [0.1, 0.15) is 44.7 Å². The molecule has 0 radical (unpaired) electrons. The number of thiazole rings is 1. The lowest BCUT2D eigenvalue weighted by atomic mass is 9.97. The number of pyridine rings is 1. The second kappa shape index (κ2) is 11.5. The molecule has 10 heteroatoms. The molecule has 0 aliphatic carbocycles. The van der Waals surface area contributed by atoms with Crippen molar-refractivity contribution in [1.29, 1.82) is 0 Å². The fraction of sp³-hybridized carbons (Fsp3) is 0.481. The summed E-state index contributed by atoms with van der Waals surface area (Å²) in [6, 6.07) is 9.40. The third-order valence-electron chi connectivity index (χ3n) is 7.26. The number of aromatic nitrogens is 2. The molecule has 3 aromatic rings. The van der Waals surface area contributed by atoms with Crippen molar-refractivity contribution in [2.24, 2.45) is 0 Å². The number of piperazine rings is 1. The Labute approximate surface area is 221 Å². The predicted octanol–water partition coefficient (Wildman–Crippen LogP) is 3.12. The summed E-state index contributed by atoms with van der Waals surface area (Å²) < 4.78 is 10.7. The molecule has 2 saturated heterocycles. The van der Waals surface area contributed by atoms with Gasteiger partial charge in [-0.2, -0.15) is 0 Å². The van der Waals surface area contributed by atoms with Gasteiger partial charge in [-0.1, -0.05) is 12.1 Å². The molecule has 2 amide bonds. The van der Waals surface area contributed by atoms with Crippen molar-refractivity contribution in [2.45, 2.75) is 18.8 Å². The standard InChI is InChI=1S/C27H33N5O4S/c1-35-16-15-30-11-13-32(14-12-30)27(34)23-18-37-25(29-23)19-7-9-31(10-8-19)26(33)22-17-24(36-2)20-5-3-4-6-21(20)28-22/h3-6,17-19H,7-16H2,1-2H3. The van der Waals surface area contributed by atoms with Gasteiger partial charge in [-0.25, -0.2) is 9.97 Å². The summed E-state index contributed by atoms with van der Waals surface area (Å²) in [4.78, 5) is 41.6. The Hall–Kier alpha value is -3.08. The molecule has 2 aliphatic heterocycles. The zero-order chi connectivity index (χ0) is 25.8. The monoisotopic (exact) mass is 523 g/mol. The van der Waals surface area contributed by atoms with E-state index < -0.39 is 0 Å². The van der Waals surface area contributed by atoms with Crippen LogP contribution in [0.5, 0.6) is 5.75 Å². The van der Waals surface area contributed by atoms with E-state index in [2.05, 4.69) is 9.88 Å². The maximum Gasteiger partial charge on any atom is 0.273 e. The number of hydrogen-bond acceptors (Lipinski definition) is 8. The molecule has 37 heavy (non-hydrogen) atoms. The van der Waals surface area contributed by atoms with Gasteiger partial charge in [0.15, 0.2) is 0 Å². The summed E-state index contributed by atoms with van der Waals surface area (Å²) >= 11 is 1.55. The molecule has 0 N–H and O–H groups in total. The second-order valence-corrected chi connectivity index (χ2v) is 10.4. The van der Waals surface area contributed by atoms with Crippen LogP contribution in [0.3, 0.4) is 0 Å². The van der Waals surface area contributed by atoms with Crippen LogP contribution in [0.15, 0.2) is 35.7 Å². The molecule has 0 unspecified atom stereocenters. The molecule has 2 aromatic heterocycles. The minimum Gasteiger partial charge on any atom is -0.496 e. The number of hydrogen-bond donors (Lipinski definition) is 0. The molecule has 9 nitrogen and oxygen atoms in total. The van der Waals surface area contributed by atoms with Crippen molar-refractivity contribution in [1.82, 2.24) is 24.7 Å². The molecule has 196 valence electrons. The summed E-state index contributed by atoms with van der Waals surface area (Å²) in [5, 5.41) is 3.76. The summed E-state index contributed by atoms with van der Waals surface area (Å²) in [7, 11) is 3.32. The molecule has 0 saturated carbocycles. The van der Waals surface area contributed by atoms with Crippen LogP contribution in [0.2, 0.25) is 0 Å². The lowest BCUT2D eigenvalue weighted by molar-refractivity contribution is 0.0589. The van der Waals surface area contributed by atoms with Crippen molar-refractivity contribution in [3.05, 3.63) is 52.1 Å². The summed E-state index contributed by atoms with van der Waals surface area (Å²) in [5.41, 5.74) is 1.69. The Kier molecular flexibility index (Phi) is 7.97. The first-order valence-electron chi connectivity index (χ1n) is 12.8. The van der Waals surface area contributed by atoms with Crippen molar-refractivity contribution in [2.75, 3.05) is 66.6 Å². The molecular weight excluding hydrogens is 490 g/mol. The third kappa shape index (κ3) is 5.61. The molecule has 1 aromatic carbocycles. The van der Waals surface area contributed by atoms with E-state index in [0.29, 0.717) is 49.9 Å². The van der Waals surface area contributed by atoms with Gasteiger partial charge in [0.05, 0.1) is 24.2 Å². The lowest BCUT2D eigenvalue weighted by Gasteiger charge is -2.34. The van der Waals surface area contributed by atoms with Crippen molar-refractivity contribution in [3.63, 3.8) is 0 Å². The van der Waals surface area contributed by atoms with Crippen LogP contribution in [0.4, 0.5) is 0 Å². The van der Waals surface area contributed by atoms with E-state index in [1.807, 2.05) is 39.4 Å². The summed E-state index contributed by atoms with van der Waals surface area (Å²) in [5.74, 6) is 0.834. The fourth-order valence-electron chi connectivity index (χ4n) is 5.04. The molecule has 0 atom stereocenters. The smallest absolute Gasteiger partial charge is 0.273 e. The number of methoxy groups -OCH3 is 2. The highest BCUT2D eigenvalue weighted by atomic mass is 32.1. The molecule has 2 aliphatic rings. The van der Waals surface area contributed by atoms with E-state index in [9.17, 15) is 9.59 Å². The van der Waals surface area contributed by atoms with E-state index in [4.69, 9.17) is 14.5 Å². The van der Waals surface area contributed by atoms with Gasteiger partial charge in [-0.15, -0.1) is 11.3 Å². The van der Waals surface area contributed by atoms with Crippen LogP contribution in [0.25, 0.3) is 10.9 Å². The number of fused-ring (bicyclic) bond motifs is 1. The Morgan fingerprint density at radius 2 is 1.65 bits per heavy atom. The molecule has 0 bridgehead atoms. The summed E-state index contributed by atoms with van der Waals surface area (Å²) in [6.45, 7) is 6.01. The minimum absolute atomic E-state index is 0.0119. The number of piperidine rings is 1. The topological polar surface area (TPSA) is 88.1 Å². The molecule has 2 fully saturated rings. The second-order valence-electron chi connectivity index (χ2n) is 9.49. The highest BCUT2D eigenvalue weighted by Gasteiger charge is 2.29. The lowest BCUT2D eigenvalue weighted by Crippen LogP contribution is -2.49. The van der Waals surface area contributed by atoms with Crippen molar-refractivity contribution in [3.8, 4) is 5.75 Å². The Morgan fingerprint density at radius 3 is 2.38 bits per heavy atom. The van der Waals surface area contributed by atoms with E-state index in [0.717, 1.165) is 48.4 Å². The number of carbonyl (C=O) groups is 2. The minimum atomic E-state index is -0.0813. The number of amides is 2. The number of nitrogens with zero attached hydrogens (tertiary/aromatic N) is 5. The van der Waals surface area contributed by atoms with Gasteiger partial charge in [0.1, 0.15) is 17.1 Å². The normalized spacial score (nSPS) is 17.4. The van der Waals surface area contributed by atoms with Gasteiger partial charge in [0.25, 0.3) is 11.8 Å². The van der Waals surface area contributed by atoms with E-state index in [1.54, 1.807) is 31.6 Å². The predicted molar refractivity (Wildman–Crippen MR) is 143 cm³/mol. The van der Waals surface area contributed by atoms with Crippen LogP contribution in [-0.4, -0.2) is 103 Å². The number of likely N-dealkylation sites (tertiary alicyclic amines) is 1. The van der Waals surface area contributed by atoms with Gasteiger partial charge in [0, 0.05) is 75.7 Å². The van der Waals surface area contributed by atoms with Gasteiger partial charge in [-0.3, -0.25) is 14.5 Å². The van der Waals surface area contributed by atoms with E-state index in [1.165, 1.54) is 0 Å². The number of carbonyl (C=O) groups excluding carboxylic acids is 2. The Morgan fingerprint density at radius 1 is 0.946 bits per heavy atom. The first kappa shape index (κ1) is 25.6.